The topological polar surface area (TPSA) is 107 Å². The highest BCUT2D eigenvalue weighted by Gasteiger charge is 2.07. The predicted molar refractivity (Wildman–Crippen MR) is 109 cm³/mol. The van der Waals surface area contributed by atoms with Gasteiger partial charge in [0.15, 0.2) is 24.1 Å². The first-order chi connectivity index (χ1) is 13.5. The maximum atomic E-state index is 10.8. The van der Waals surface area contributed by atoms with Gasteiger partial charge in [-0.05, 0) is 36.8 Å². The number of ether oxygens (including phenoxy) is 3. The van der Waals surface area contributed by atoms with Crippen molar-refractivity contribution in [2.45, 2.75) is 13.5 Å². The maximum Gasteiger partial charge on any atom is 0.255 e. The Morgan fingerprint density at radius 2 is 1.96 bits per heavy atom. The second-order valence-electron chi connectivity index (χ2n) is 5.75. The molecule has 0 radical (unpaired) electrons. The van der Waals surface area contributed by atoms with Crippen LogP contribution in [-0.2, 0) is 11.3 Å². The largest absolute Gasteiger partial charge is 0.493 e. The summed E-state index contributed by atoms with van der Waals surface area (Å²) in [5.74, 6) is 1.99. The van der Waals surface area contributed by atoms with Crippen molar-refractivity contribution in [1.82, 2.24) is 5.32 Å². The molecule has 0 aromatic heterocycles. The fourth-order valence-corrected chi connectivity index (χ4v) is 2.42. The normalized spacial score (nSPS) is 10.9. The van der Waals surface area contributed by atoms with E-state index in [1.165, 1.54) is 0 Å². The molecule has 2 aromatic carbocycles. The van der Waals surface area contributed by atoms with E-state index >= 15 is 0 Å². The van der Waals surface area contributed by atoms with Crippen LogP contribution < -0.4 is 30.6 Å². The standard InChI is InChI=1S/C20H26N4O4/c1-4-27-18-11-15(8-9-17(18)26-3)24-20(22-2)23-12-14-6-5-7-16(10-14)28-13-19(21)25/h5-11H,4,12-13H2,1-3H3,(H2,21,25)(H2,22,23,24). The van der Waals surface area contributed by atoms with Crippen molar-refractivity contribution in [3.8, 4) is 17.2 Å². The Hall–Kier alpha value is -3.42. The van der Waals surface area contributed by atoms with Crippen LogP contribution in [0.15, 0.2) is 47.5 Å². The van der Waals surface area contributed by atoms with Gasteiger partial charge in [-0.15, -0.1) is 0 Å². The first-order valence-electron chi connectivity index (χ1n) is 8.84. The molecule has 150 valence electrons. The molecule has 2 rings (SSSR count). The Morgan fingerprint density at radius 3 is 2.64 bits per heavy atom. The molecule has 8 nitrogen and oxygen atoms in total. The molecule has 0 unspecified atom stereocenters. The second kappa shape index (κ2) is 10.7. The lowest BCUT2D eigenvalue weighted by atomic mass is 10.2. The third-order valence-electron chi connectivity index (χ3n) is 3.69. The van der Waals surface area contributed by atoms with Gasteiger partial charge < -0.3 is 30.6 Å². The van der Waals surface area contributed by atoms with Gasteiger partial charge in [-0.3, -0.25) is 9.79 Å². The quantitative estimate of drug-likeness (QED) is 0.450. The van der Waals surface area contributed by atoms with E-state index in [4.69, 9.17) is 19.9 Å². The van der Waals surface area contributed by atoms with E-state index in [2.05, 4.69) is 15.6 Å². The molecule has 0 aliphatic rings. The average molecular weight is 386 g/mol. The molecule has 1 amide bonds. The number of amides is 1. The summed E-state index contributed by atoms with van der Waals surface area (Å²) in [5, 5.41) is 6.44. The third kappa shape index (κ3) is 6.39. The summed E-state index contributed by atoms with van der Waals surface area (Å²) in [5.41, 5.74) is 6.88. The van der Waals surface area contributed by atoms with E-state index in [1.807, 2.05) is 43.3 Å². The van der Waals surface area contributed by atoms with E-state index in [0.717, 1.165) is 11.3 Å². The van der Waals surface area contributed by atoms with E-state index in [0.29, 0.717) is 36.4 Å². The van der Waals surface area contributed by atoms with Gasteiger partial charge in [-0.2, -0.15) is 0 Å². The molecule has 2 aromatic rings. The number of anilines is 1. The zero-order valence-corrected chi connectivity index (χ0v) is 16.3. The van der Waals surface area contributed by atoms with Crippen molar-refractivity contribution in [3.63, 3.8) is 0 Å². The van der Waals surface area contributed by atoms with Gasteiger partial charge in [0.25, 0.3) is 5.91 Å². The first-order valence-corrected chi connectivity index (χ1v) is 8.84. The second-order valence-corrected chi connectivity index (χ2v) is 5.75. The summed E-state index contributed by atoms with van der Waals surface area (Å²) >= 11 is 0. The molecule has 0 saturated carbocycles. The number of methoxy groups -OCH3 is 1. The Bertz CT molecular complexity index is 824. The van der Waals surface area contributed by atoms with Crippen molar-refractivity contribution in [2.24, 2.45) is 10.7 Å². The summed E-state index contributed by atoms with van der Waals surface area (Å²) < 4.78 is 16.2. The van der Waals surface area contributed by atoms with Crippen LogP contribution in [-0.4, -0.2) is 39.2 Å². The minimum Gasteiger partial charge on any atom is -0.493 e. The SMILES string of the molecule is CCOc1cc(NC(=NC)NCc2cccc(OCC(N)=O)c2)ccc1OC. The van der Waals surface area contributed by atoms with E-state index < -0.39 is 5.91 Å². The highest BCUT2D eigenvalue weighted by Crippen LogP contribution is 2.30. The van der Waals surface area contributed by atoms with Gasteiger partial charge >= 0.3 is 0 Å². The van der Waals surface area contributed by atoms with Crippen LogP contribution in [0.5, 0.6) is 17.2 Å². The number of hydrogen-bond acceptors (Lipinski definition) is 5. The van der Waals surface area contributed by atoms with Crippen LogP contribution in [0.25, 0.3) is 0 Å². The lowest BCUT2D eigenvalue weighted by Crippen LogP contribution is -2.30. The molecule has 0 heterocycles. The Labute approximate surface area is 164 Å². The Morgan fingerprint density at radius 1 is 1.14 bits per heavy atom. The van der Waals surface area contributed by atoms with Crippen LogP contribution in [0.1, 0.15) is 12.5 Å². The van der Waals surface area contributed by atoms with Gasteiger partial charge in [0.1, 0.15) is 5.75 Å². The maximum absolute atomic E-state index is 10.8. The zero-order chi connectivity index (χ0) is 20.4. The summed E-state index contributed by atoms with van der Waals surface area (Å²) in [4.78, 5) is 15.1. The number of guanidine groups is 1. The zero-order valence-electron chi connectivity index (χ0n) is 16.3. The highest BCUT2D eigenvalue weighted by atomic mass is 16.5. The molecule has 8 heteroatoms. The molecule has 0 fully saturated rings. The summed E-state index contributed by atoms with van der Waals surface area (Å²) in [7, 11) is 3.29. The summed E-state index contributed by atoms with van der Waals surface area (Å²) in [6.45, 7) is 2.82. The van der Waals surface area contributed by atoms with Crippen molar-refractivity contribution in [2.75, 3.05) is 32.7 Å². The van der Waals surface area contributed by atoms with Crippen LogP contribution >= 0.6 is 0 Å². The molecule has 4 N–H and O–H groups in total. The molecule has 0 aliphatic carbocycles. The lowest BCUT2D eigenvalue weighted by molar-refractivity contribution is -0.119. The van der Waals surface area contributed by atoms with Crippen LogP contribution in [0.3, 0.4) is 0 Å². The Kier molecular flexibility index (Phi) is 7.95. The van der Waals surface area contributed by atoms with Crippen molar-refractivity contribution in [1.29, 1.82) is 0 Å². The van der Waals surface area contributed by atoms with Crippen LogP contribution in [0.2, 0.25) is 0 Å². The minimum absolute atomic E-state index is 0.153. The lowest BCUT2D eigenvalue weighted by Gasteiger charge is -2.15. The smallest absolute Gasteiger partial charge is 0.255 e. The summed E-state index contributed by atoms with van der Waals surface area (Å²) in [6.07, 6.45) is 0. The number of carbonyl (C=O) groups is 1. The monoisotopic (exact) mass is 386 g/mol. The molecule has 0 saturated heterocycles. The molecule has 0 spiro atoms. The molecule has 0 aliphatic heterocycles. The third-order valence-corrected chi connectivity index (χ3v) is 3.69. The number of benzene rings is 2. The first kappa shape index (κ1) is 20.9. The fourth-order valence-electron chi connectivity index (χ4n) is 2.42. The van der Waals surface area contributed by atoms with Crippen LogP contribution in [0, 0.1) is 0 Å². The molecule has 28 heavy (non-hydrogen) atoms. The number of primary amides is 1. The molecule has 0 atom stereocenters. The highest BCUT2D eigenvalue weighted by molar-refractivity contribution is 5.93. The number of nitrogens with zero attached hydrogens (tertiary/aromatic N) is 1. The van der Waals surface area contributed by atoms with Crippen molar-refractivity contribution in [3.05, 3.63) is 48.0 Å². The van der Waals surface area contributed by atoms with E-state index in [9.17, 15) is 4.79 Å². The minimum atomic E-state index is -0.515. The van der Waals surface area contributed by atoms with Gasteiger partial charge in [0, 0.05) is 25.3 Å². The van der Waals surface area contributed by atoms with Gasteiger partial charge in [-0.25, -0.2) is 0 Å². The predicted octanol–water partition coefficient (Wildman–Crippen LogP) is 2.15. The fraction of sp³-hybridized carbons (Fsp3) is 0.300. The number of hydrogen-bond donors (Lipinski definition) is 3. The van der Waals surface area contributed by atoms with Gasteiger partial charge in [-0.1, -0.05) is 12.1 Å². The average Bonchev–Trinajstić information content (AvgIpc) is 2.70. The van der Waals surface area contributed by atoms with E-state index in [-0.39, 0.29) is 6.61 Å². The number of rotatable bonds is 9. The number of nitrogens with two attached hydrogens (primary N) is 1. The molecule has 0 bridgehead atoms. The number of aliphatic imine (C=N–C) groups is 1. The molecular weight excluding hydrogens is 360 g/mol. The van der Waals surface area contributed by atoms with Crippen molar-refractivity contribution < 1.29 is 19.0 Å². The number of nitrogens with one attached hydrogen (secondary N) is 2. The molecular formula is C20H26N4O4. The van der Waals surface area contributed by atoms with E-state index in [1.54, 1.807) is 20.2 Å². The van der Waals surface area contributed by atoms with Crippen molar-refractivity contribution >= 4 is 17.6 Å². The van der Waals surface area contributed by atoms with Gasteiger partial charge in [0.05, 0.1) is 13.7 Å². The Balaban J connectivity index is 1.99. The van der Waals surface area contributed by atoms with Gasteiger partial charge in [0.2, 0.25) is 0 Å². The summed E-state index contributed by atoms with van der Waals surface area (Å²) in [6, 6.07) is 13.0. The van der Waals surface area contributed by atoms with Crippen LogP contribution in [0.4, 0.5) is 5.69 Å². The number of carbonyl (C=O) groups excluding carboxylic acids is 1.